The van der Waals surface area contributed by atoms with Gasteiger partial charge in [0.15, 0.2) is 0 Å². The Morgan fingerprint density at radius 1 is 1.31 bits per heavy atom. The van der Waals surface area contributed by atoms with Crippen molar-refractivity contribution >= 4 is 34.2 Å². The zero-order chi connectivity index (χ0) is 12.2. The number of benzene rings is 1. The minimum absolute atomic E-state index is 0.141. The summed E-state index contributed by atoms with van der Waals surface area (Å²) in [6, 6.07) is 3.97. The van der Waals surface area contributed by atoms with E-state index in [0.29, 0.717) is 15.9 Å². The first kappa shape index (κ1) is 13.9. The van der Waals surface area contributed by atoms with Crippen molar-refractivity contribution in [2.75, 3.05) is 12.5 Å². The predicted octanol–water partition coefficient (Wildman–Crippen LogP) is 4.32. The molecule has 0 heterocycles. The van der Waals surface area contributed by atoms with E-state index in [1.807, 2.05) is 22.6 Å². The van der Waals surface area contributed by atoms with Crippen molar-refractivity contribution in [3.05, 3.63) is 27.3 Å². The third-order valence-electron chi connectivity index (χ3n) is 1.78. The van der Waals surface area contributed by atoms with Gasteiger partial charge in [0.05, 0.1) is 12.2 Å². The van der Waals surface area contributed by atoms with Gasteiger partial charge in [0.2, 0.25) is 0 Å². The van der Waals surface area contributed by atoms with Crippen LogP contribution in [0.2, 0.25) is 0 Å². The van der Waals surface area contributed by atoms with Crippen molar-refractivity contribution in [1.82, 2.24) is 0 Å². The topological polar surface area (TPSA) is 9.23 Å². The molecule has 1 aromatic rings. The smallest absolute Gasteiger partial charge is 0.419 e. The molecule has 0 radical (unpaired) electrons. The van der Waals surface area contributed by atoms with Crippen LogP contribution in [0.5, 0.6) is 5.75 Å². The van der Waals surface area contributed by atoms with E-state index in [-0.39, 0.29) is 12.4 Å². The number of rotatable bonds is 4. The summed E-state index contributed by atoms with van der Waals surface area (Å²) in [5, 5.41) is 0. The Morgan fingerprint density at radius 3 is 2.56 bits per heavy atom. The summed E-state index contributed by atoms with van der Waals surface area (Å²) >= 11 is 7.25. The van der Waals surface area contributed by atoms with Crippen LogP contribution in [0, 0.1) is 3.57 Å². The lowest BCUT2D eigenvalue weighted by atomic mass is 10.2. The van der Waals surface area contributed by atoms with Gasteiger partial charge in [-0.25, -0.2) is 0 Å². The average molecular weight is 365 g/mol. The second-order valence-corrected chi connectivity index (χ2v) is 4.65. The highest BCUT2D eigenvalue weighted by Crippen LogP contribution is 2.37. The highest BCUT2D eigenvalue weighted by Gasteiger charge is 2.34. The molecule has 0 aliphatic heterocycles. The van der Waals surface area contributed by atoms with E-state index < -0.39 is 11.7 Å². The summed E-state index contributed by atoms with van der Waals surface area (Å²) in [5.41, 5.74) is -0.742. The molecule has 0 saturated carbocycles. The molecule has 0 aliphatic rings. The minimum Gasteiger partial charge on any atom is -0.493 e. The Hall–Kier alpha value is -0.170. The van der Waals surface area contributed by atoms with E-state index in [1.54, 1.807) is 6.07 Å². The Labute approximate surface area is 110 Å². The Kier molecular flexibility index (Phi) is 5.17. The first-order chi connectivity index (χ1) is 7.45. The molecule has 0 N–H and O–H groups in total. The van der Waals surface area contributed by atoms with Crippen molar-refractivity contribution in [1.29, 1.82) is 0 Å². The molecule has 0 atom stereocenters. The zero-order valence-corrected chi connectivity index (χ0v) is 11.1. The van der Waals surface area contributed by atoms with Gasteiger partial charge in [-0.1, -0.05) is 0 Å². The van der Waals surface area contributed by atoms with E-state index in [4.69, 9.17) is 16.3 Å². The number of ether oxygens (including phenoxy) is 1. The monoisotopic (exact) mass is 364 g/mol. The molecule has 0 amide bonds. The van der Waals surface area contributed by atoms with Gasteiger partial charge in [0.1, 0.15) is 5.75 Å². The Balaban J connectivity index is 2.90. The fourth-order valence-electron chi connectivity index (χ4n) is 1.09. The third kappa shape index (κ3) is 4.01. The zero-order valence-electron chi connectivity index (χ0n) is 8.15. The van der Waals surface area contributed by atoms with Gasteiger partial charge in [0, 0.05) is 9.45 Å². The molecule has 0 fully saturated rings. The number of halogens is 5. The van der Waals surface area contributed by atoms with Gasteiger partial charge in [-0.15, -0.1) is 11.6 Å². The first-order valence-corrected chi connectivity index (χ1v) is 6.12. The predicted molar refractivity (Wildman–Crippen MR) is 65.0 cm³/mol. The van der Waals surface area contributed by atoms with Crippen LogP contribution in [0.3, 0.4) is 0 Å². The number of alkyl halides is 4. The molecule has 0 spiro atoms. The molecular weight excluding hydrogens is 355 g/mol. The van der Waals surface area contributed by atoms with Crippen LogP contribution < -0.4 is 4.74 Å². The second kappa shape index (κ2) is 5.95. The van der Waals surface area contributed by atoms with E-state index in [2.05, 4.69) is 0 Å². The molecule has 1 aromatic carbocycles. The largest absolute Gasteiger partial charge is 0.493 e. The standard InChI is InChI=1S/C10H9ClF3IO/c11-4-1-5-16-9-3-2-7(15)6-8(9)10(12,13)14/h2-3,6H,1,4-5H2. The van der Waals surface area contributed by atoms with Crippen LogP contribution in [0.15, 0.2) is 18.2 Å². The molecular formula is C10H9ClF3IO. The van der Waals surface area contributed by atoms with Crippen molar-refractivity contribution in [3.63, 3.8) is 0 Å². The summed E-state index contributed by atoms with van der Waals surface area (Å²) in [6.45, 7) is 0.188. The number of hydrogen-bond acceptors (Lipinski definition) is 1. The highest BCUT2D eigenvalue weighted by atomic mass is 127. The quantitative estimate of drug-likeness (QED) is 0.439. The molecule has 1 rings (SSSR count). The average Bonchev–Trinajstić information content (AvgIpc) is 2.19. The van der Waals surface area contributed by atoms with Crippen molar-refractivity contribution in [2.45, 2.75) is 12.6 Å². The van der Waals surface area contributed by atoms with Gasteiger partial charge < -0.3 is 4.74 Å². The van der Waals surface area contributed by atoms with Gasteiger partial charge in [0.25, 0.3) is 0 Å². The maximum Gasteiger partial charge on any atom is 0.419 e. The molecule has 0 saturated heterocycles. The summed E-state index contributed by atoms with van der Waals surface area (Å²) in [5.74, 6) is 0.226. The van der Waals surface area contributed by atoms with E-state index in [1.165, 1.54) is 6.07 Å². The molecule has 90 valence electrons. The molecule has 16 heavy (non-hydrogen) atoms. The Bertz CT molecular complexity index is 354. The van der Waals surface area contributed by atoms with E-state index in [9.17, 15) is 13.2 Å². The first-order valence-electron chi connectivity index (χ1n) is 4.50. The third-order valence-corrected chi connectivity index (χ3v) is 2.72. The summed E-state index contributed by atoms with van der Waals surface area (Å²) in [7, 11) is 0. The van der Waals surface area contributed by atoms with Crippen LogP contribution in [0.25, 0.3) is 0 Å². The fraction of sp³-hybridized carbons (Fsp3) is 0.400. The highest BCUT2D eigenvalue weighted by molar-refractivity contribution is 14.1. The van der Waals surface area contributed by atoms with Crippen molar-refractivity contribution in [2.24, 2.45) is 0 Å². The van der Waals surface area contributed by atoms with Crippen LogP contribution >= 0.6 is 34.2 Å². The molecule has 6 heteroatoms. The minimum atomic E-state index is -4.39. The van der Waals surface area contributed by atoms with E-state index >= 15 is 0 Å². The fourth-order valence-corrected chi connectivity index (χ4v) is 1.69. The molecule has 0 bridgehead atoms. The lowest BCUT2D eigenvalue weighted by Gasteiger charge is -2.13. The summed E-state index contributed by atoms with van der Waals surface area (Å²) in [4.78, 5) is 0. The molecule has 0 aromatic heterocycles. The van der Waals surface area contributed by atoms with Crippen molar-refractivity contribution < 1.29 is 17.9 Å². The van der Waals surface area contributed by atoms with Gasteiger partial charge in [-0.3, -0.25) is 0 Å². The van der Waals surface area contributed by atoms with Crippen LogP contribution in [0.1, 0.15) is 12.0 Å². The van der Waals surface area contributed by atoms with E-state index in [0.717, 1.165) is 6.07 Å². The normalized spacial score (nSPS) is 11.6. The Morgan fingerprint density at radius 2 is 2.00 bits per heavy atom. The summed E-state index contributed by atoms with van der Waals surface area (Å²) < 4.78 is 43.5. The maximum atomic E-state index is 12.6. The summed E-state index contributed by atoms with van der Waals surface area (Å²) in [6.07, 6.45) is -3.87. The van der Waals surface area contributed by atoms with Gasteiger partial charge in [-0.05, 0) is 47.2 Å². The lowest BCUT2D eigenvalue weighted by molar-refractivity contribution is -0.139. The van der Waals surface area contributed by atoms with Crippen LogP contribution in [-0.4, -0.2) is 12.5 Å². The van der Waals surface area contributed by atoms with Crippen LogP contribution in [0.4, 0.5) is 13.2 Å². The van der Waals surface area contributed by atoms with Crippen LogP contribution in [-0.2, 0) is 6.18 Å². The second-order valence-electron chi connectivity index (χ2n) is 3.03. The van der Waals surface area contributed by atoms with Crippen molar-refractivity contribution in [3.8, 4) is 5.75 Å². The number of hydrogen-bond donors (Lipinski definition) is 0. The lowest BCUT2D eigenvalue weighted by Crippen LogP contribution is -2.10. The SMILES string of the molecule is FC(F)(F)c1cc(I)ccc1OCCCCl. The van der Waals surface area contributed by atoms with Gasteiger partial charge >= 0.3 is 6.18 Å². The molecule has 1 nitrogen and oxygen atoms in total. The molecule has 0 unspecified atom stereocenters. The maximum absolute atomic E-state index is 12.6. The molecule has 0 aliphatic carbocycles. The van der Waals surface area contributed by atoms with Gasteiger partial charge in [-0.2, -0.15) is 13.2 Å².